The van der Waals surface area contributed by atoms with Gasteiger partial charge in [0.15, 0.2) is 6.10 Å². The summed E-state index contributed by atoms with van der Waals surface area (Å²) in [4.78, 5) is 0. The van der Waals surface area contributed by atoms with E-state index in [4.69, 9.17) is 30.3 Å². The maximum atomic E-state index is 6.98. The highest BCUT2D eigenvalue weighted by Crippen LogP contribution is 2.41. The van der Waals surface area contributed by atoms with Crippen LogP contribution in [0, 0.1) is 0 Å². The third-order valence-corrected chi connectivity index (χ3v) is 9.83. The zero-order valence-corrected chi connectivity index (χ0v) is 29.5. The quantitative estimate of drug-likeness (QED) is 0.0490. The van der Waals surface area contributed by atoms with Gasteiger partial charge in [0.05, 0.1) is 20.3 Å². The van der Waals surface area contributed by atoms with Gasteiger partial charge in [-0.05, 0) is 23.1 Å². The molecule has 0 aromatic heterocycles. The number of unbranched alkanes of at least 4 members (excludes halogenated alkanes) is 13. The minimum Gasteiger partial charge on any atom is -0.378 e. The van der Waals surface area contributed by atoms with Crippen molar-refractivity contribution in [3.05, 3.63) is 108 Å². The van der Waals surface area contributed by atoms with Gasteiger partial charge in [-0.2, -0.15) is 0 Å². The van der Waals surface area contributed by atoms with Crippen molar-refractivity contribution in [2.24, 2.45) is 0 Å². The fourth-order valence-electron chi connectivity index (χ4n) is 5.87. The van der Waals surface area contributed by atoms with Crippen LogP contribution < -0.4 is 0 Å². The molecule has 0 aliphatic heterocycles. The normalized spacial score (nSPS) is 12.7. The summed E-state index contributed by atoms with van der Waals surface area (Å²) in [7, 11) is 0.143. The molecule has 3 aromatic rings. The molecule has 0 radical (unpaired) electrons. The lowest BCUT2D eigenvalue weighted by Crippen LogP contribution is -2.37. The van der Waals surface area contributed by atoms with E-state index in [-0.39, 0.29) is 6.10 Å². The Hall–Kier alpha value is -1.98. The van der Waals surface area contributed by atoms with Crippen LogP contribution in [0.4, 0.5) is 0 Å². The van der Waals surface area contributed by atoms with Crippen LogP contribution in [-0.4, -0.2) is 33.0 Å². The SMILES string of the molecule is CCCCCCCCCCCCCCCCOC[C@@H](COC(c1ccccc1)(c1ccccc1)c1ccccc1)O[P+](=S)OC. The van der Waals surface area contributed by atoms with Gasteiger partial charge in [0.25, 0.3) is 0 Å². The standard InChI is InChI=1S/C39H56O4PS/c1-3-4-5-6-7-8-9-10-11-12-13-14-15-25-32-41-33-38(43-44(45)40-2)34-42-39(35-26-19-16-20-27-35,36-28-21-17-22-29-36)37-30-23-18-24-31-37/h16-24,26-31,38H,3-15,25,32-34H2,1-2H3/q+1/t38-/m0/s1. The number of hydrogen-bond donors (Lipinski definition) is 0. The Kier molecular flexibility index (Phi) is 19.5. The predicted octanol–water partition coefficient (Wildman–Crippen LogP) is 11.3. The van der Waals surface area contributed by atoms with Crippen LogP contribution in [0.5, 0.6) is 0 Å². The van der Waals surface area contributed by atoms with E-state index >= 15 is 0 Å². The van der Waals surface area contributed by atoms with Crippen LogP contribution in [0.2, 0.25) is 0 Å². The zero-order valence-electron chi connectivity index (χ0n) is 27.7. The minimum absolute atomic E-state index is 0.302. The van der Waals surface area contributed by atoms with E-state index in [1.54, 1.807) is 7.11 Å². The Bertz CT molecular complexity index is 1050. The van der Waals surface area contributed by atoms with Crippen LogP contribution in [0.25, 0.3) is 0 Å². The molecule has 2 atom stereocenters. The van der Waals surface area contributed by atoms with Gasteiger partial charge in [-0.3, -0.25) is 0 Å². The van der Waals surface area contributed by atoms with Crippen LogP contribution in [0.15, 0.2) is 91.0 Å². The summed E-state index contributed by atoms with van der Waals surface area (Å²) in [6.07, 6.45) is 18.5. The fourth-order valence-corrected chi connectivity index (χ4v) is 6.69. The molecule has 0 heterocycles. The number of ether oxygens (including phenoxy) is 2. The molecular formula is C39H56O4PS+. The van der Waals surface area contributed by atoms with Crippen molar-refractivity contribution < 1.29 is 18.5 Å². The van der Waals surface area contributed by atoms with Gasteiger partial charge in [-0.15, -0.1) is 9.05 Å². The molecule has 4 nitrogen and oxygen atoms in total. The Balaban J connectivity index is 1.49. The summed E-state index contributed by atoms with van der Waals surface area (Å²) in [6, 6.07) is 31.2. The zero-order chi connectivity index (χ0) is 31.8. The Morgan fingerprint density at radius 2 is 0.978 bits per heavy atom. The number of hydrogen-bond acceptors (Lipinski definition) is 5. The Labute approximate surface area is 279 Å². The van der Waals surface area contributed by atoms with Crippen LogP contribution in [-0.2, 0) is 35.9 Å². The molecule has 0 bridgehead atoms. The van der Waals surface area contributed by atoms with E-state index in [9.17, 15) is 0 Å². The van der Waals surface area contributed by atoms with Gasteiger partial charge in [0.1, 0.15) is 5.60 Å². The van der Waals surface area contributed by atoms with Crippen molar-refractivity contribution >= 4 is 19.0 Å². The largest absolute Gasteiger partial charge is 0.521 e. The molecule has 0 N–H and O–H groups in total. The average Bonchev–Trinajstić information content (AvgIpc) is 3.09. The van der Waals surface area contributed by atoms with Crippen molar-refractivity contribution in [2.45, 2.75) is 109 Å². The van der Waals surface area contributed by atoms with Gasteiger partial charge in [-0.25, -0.2) is 0 Å². The molecule has 0 amide bonds. The highest BCUT2D eigenvalue weighted by molar-refractivity contribution is 8.00. The smallest absolute Gasteiger partial charge is 0.378 e. The maximum Gasteiger partial charge on any atom is 0.521 e. The van der Waals surface area contributed by atoms with Crippen molar-refractivity contribution in [1.82, 2.24) is 0 Å². The fraction of sp³-hybridized carbons (Fsp3) is 0.538. The van der Waals surface area contributed by atoms with Gasteiger partial charge < -0.3 is 9.47 Å². The minimum atomic E-state index is -1.45. The number of benzene rings is 3. The van der Waals surface area contributed by atoms with E-state index in [0.29, 0.717) is 19.8 Å². The van der Waals surface area contributed by atoms with E-state index in [1.807, 2.05) is 18.2 Å². The van der Waals surface area contributed by atoms with Gasteiger partial charge in [0.2, 0.25) is 11.8 Å². The van der Waals surface area contributed by atoms with Crippen molar-refractivity contribution in [2.75, 3.05) is 26.9 Å². The van der Waals surface area contributed by atoms with E-state index in [1.165, 1.54) is 83.5 Å². The molecule has 1 unspecified atom stereocenters. The first-order valence-electron chi connectivity index (χ1n) is 17.3. The molecule has 6 heteroatoms. The summed E-state index contributed by atoms with van der Waals surface area (Å²) >= 11 is 5.43. The third kappa shape index (κ3) is 13.7. The van der Waals surface area contributed by atoms with Gasteiger partial charge in [-0.1, -0.05) is 181 Å². The first-order chi connectivity index (χ1) is 22.2. The van der Waals surface area contributed by atoms with Crippen LogP contribution in [0.1, 0.15) is 114 Å². The van der Waals surface area contributed by atoms with Gasteiger partial charge >= 0.3 is 7.15 Å². The molecule has 3 aromatic carbocycles. The summed E-state index contributed by atoms with van der Waals surface area (Å²) < 4.78 is 24.6. The maximum absolute atomic E-state index is 6.98. The van der Waals surface area contributed by atoms with Gasteiger partial charge in [0, 0.05) is 6.61 Å². The first kappa shape index (κ1) is 37.5. The van der Waals surface area contributed by atoms with E-state index in [0.717, 1.165) is 23.1 Å². The predicted molar refractivity (Wildman–Crippen MR) is 192 cm³/mol. The summed E-state index contributed by atoms with van der Waals surface area (Å²) in [6.45, 7) is 3.70. The van der Waals surface area contributed by atoms with Crippen molar-refractivity contribution in [3.63, 3.8) is 0 Å². The lowest BCUT2D eigenvalue weighted by Gasteiger charge is -2.36. The summed E-state index contributed by atoms with van der Waals surface area (Å²) in [5, 5.41) is 0. The molecule has 0 saturated heterocycles. The average molecular weight is 652 g/mol. The Morgan fingerprint density at radius 3 is 1.38 bits per heavy atom. The highest BCUT2D eigenvalue weighted by atomic mass is 32.4. The second kappa shape index (κ2) is 23.4. The lowest BCUT2D eigenvalue weighted by molar-refractivity contribution is -0.0540. The molecule has 45 heavy (non-hydrogen) atoms. The monoisotopic (exact) mass is 651 g/mol. The second-order valence-electron chi connectivity index (χ2n) is 11.9. The van der Waals surface area contributed by atoms with Crippen LogP contribution >= 0.6 is 7.15 Å². The third-order valence-electron chi connectivity index (χ3n) is 8.36. The lowest BCUT2D eigenvalue weighted by atomic mass is 9.80. The molecular weight excluding hydrogens is 595 g/mol. The highest BCUT2D eigenvalue weighted by Gasteiger charge is 2.39. The topological polar surface area (TPSA) is 36.9 Å². The van der Waals surface area contributed by atoms with Crippen LogP contribution in [0.3, 0.4) is 0 Å². The molecule has 0 spiro atoms. The molecule has 3 rings (SSSR count). The summed E-state index contributed by atoms with van der Waals surface area (Å²) in [5.41, 5.74) is 2.34. The van der Waals surface area contributed by atoms with Crippen molar-refractivity contribution in [1.29, 1.82) is 0 Å². The second-order valence-corrected chi connectivity index (χ2v) is 13.8. The Morgan fingerprint density at radius 1 is 0.578 bits per heavy atom. The van der Waals surface area contributed by atoms with Crippen molar-refractivity contribution in [3.8, 4) is 0 Å². The molecule has 0 aliphatic rings. The molecule has 0 aliphatic carbocycles. The summed E-state index contributed by atoms with van der Waals surface area (Å²) in [5.74, 6) is 0. The van der Waals surface area contributed by atoms with E-state index < -0.39 is 12.8 Å². The van der Waals surface area contributed by atoms with E-state index in [2.05, 4.69) is 79.7 Å². The molecule has 246 valence electrons. The first-order valence-corrected chi connectivity index (χ1v) is 19.5. The molecule has 0 saturated carbocycles. The molecule has 0 fully saturated rings. The number of rotatable bonds is 26.